The highest BCUT2D eigenvalue weighted by atomic mass is 16.2. The Labute approximate surface area is 88.6 Å². The van der Waals surface area contributed by atoms with Gasteiger partial charge in [0.05, 0.1) is 12.2 Å². The van der Waals surface area contributed by atoms with E-state index < -0.39 is 0 Å². The van der Waals surface area contributed by atoms with Crippen LogP contribution >= 0.6 is 0 Å². The molecule has 82 valence electrons. The van der Waals surface area contributed by atoms with Gasteiger partial charge in [-0.25, -0.2) is 0 Å². The molecule has 0 saturated carbocycles. The smallest absolute Gasteiger partial charge is 0.242 e. The second-order valence-corrected chi connectivity index (χ2v) is 3.76. The van der Waals surface area contributed by atoms with Crippen LogP contribution in [0.2, 0.25) is 0 Å². The zero-order valence-electron chi connectivity index (χ0n) is 8.84. The van der Waals surface area contributed by atoms with Gasteiger partial charge in [0.2, 0.25) is 5.91 Å². The summed E-state index contributed by atoms with van der Waals surface area (Å²) in [5.74, 6) is 0.766. The van der Waals surface area contributed by atoms with Crippen molar-refractivity contribution in [1.82, 2.24) is 15.5 Å². The van der Waals surface area contributed by atoms with Crippen LogP contribution in [-0.2, 0) is 11.2 Å². The van der Waals surface area contributed by atoms with Gasteiger partial charge in [-0.05, 0) is 25.8 Å². The zero-order chi connectivity index (χ0) is 10.7. The second-order valence-electron chi connectivity index (χ2n) is 3.76. The lowest BCUT2D eigenvalue weighted by atomic mass is 10.2. The summed E-state index contributed by atoms with van der Waals surface area (Å²) in [6, 6.07) is -0.0435. The number of aromatic amines is 1. The van der Waals surface area contributed by atoms with Gasteiger partial charge < -0.3 is 10.6 Å². The highest BCUT2D eigenvalue weighted by Crippen LogP contribution is 2.13. The third-order valence-electron chi connectivity index (χ3n) is 2.72. The molecule has 5 nitrogen and oxygen atoms in total. The molecule has 0 aliphatic carbocycles. The van der Waals surface area contributed by atoms with Crippen LogP contribution in [0.3, 0.4) is 0 Å². The molecular weight excluding hydrogens is 192 g/mol. The van der Waals surface area contributed by atoms with Crippen molar-refractivity contribution in [3.63, 3.8) is 0 Å². The average Bonchev–Trinajstić information content (AvgIpc) is 2.87. The van der Waals surface area contributed by atoms with E-state index in [9.17, 15) is 4.79 Å². The maximum absolute atomic E-state index is 11.8. The highest BCUT2D eigenvalue weighted by Gasteiger charge is 2.22. The molecule has 1 amide bonds. The van der Waals surface area contributed by atoms with E-state index in [0.717, 1.165) is 37.2 Å². The Hall–Kier alpha value is -1.36. The van der Waals surface area contributed by atoms with Crippen LogP contribution in [0, 0.1) is 0 Å². The quantitative estimate of drug-likeness (QED) is 0.683. The third kappa shape index (κ3) is 2.18. The summed E-state index contributed by atoms with van der Waals surface area (Å²) in [4.78, 5) is 11.8. The summed E-state index contributed by atoms with van der Waals surface area (Å²) in [6.45, 7) is 2.97. The second kappa shape index (κ2) is 4.44. The van der Waals surface area contributed by atoms with Crippen LogP contribution in [0.4, 0.5) is 5.82 Å². The Morgan fingerprint density at radius 3 is 3.27 bits per heavy atom. The van der Waals surface area contributed by atoms with Crippen LogP contribution in [0.1, 0.15) is 25.3 Å². The minimum Gasteiger partial charge on any atom is -0.309 e. The minimum atomic E-state index is -0.0435. The van der Waals surface area contributed by atoms with Gasteiger partial charge in [0.25, 0.3) is 0 Å². The summed E-state index contributed by atoms with van der Waals surface area (Å²) in [5, 5.41) is 12.7. The Balaban J connectivity index is 1.98. The first-order valence-corrected chi connectivity index (χ1v) is 5.37. The van der Waals surface area contributed by atoms with Gasteiger partial charge in [0, 0.05) is 5.56 Å². The van der Waals surface area contributed by atoms with Crippen LogP contribution in [0.5, 0.6) is 0 Å². The highest BCUT2D eigenvalue weighted by molar-refractivity contribution is 5.94. The molecule has 1 saturated heterocycles. The van der Waals surface area contributed by atoms with E-state index in [2.05, 4.69) is 20.8 Å². The van der Waals surface area contributed by atoms with Crippen LogP contribution in [0.15, 0.2) is 6.20 Å². The molecule has 0 radical (unpaired) electrons. The van der Waals surface area contributed by atoms with Crippen molar-refractivity contribution in [3.8, 4) is 0 Å². The Morgan fingerprint density at radius 2 is 2.60 bits per heavy atom. The first kappa shape index (κ1) is 10.2. The van der Waals surface area contributed by atoms with Crippen molar-refractivity contribution in [2.45, 2.75) is 32.2 Å². The van der Waals surface area contributed by atoms with E-state index in [4.69, 9.17) is 0 Å². The molecular formula is C10H16N4O. The molecule has 1 fully saturated rings. The lowest BCUT2D eigenvalue weighted by Crippen LogP contribution is -2.35. The molecule has 2 rings (SSSR count). The molecule has 15 heavy (non-hydrogen) atoms. The number of nitrogens with zero attached hydrogens (tertiary/aromatic N) is 1. The summed E-state index contributed by atoms with van der Waals surface area (Å²) in [6.07, 6.45) is 4.60. The molecule has 0 unspecified atom stereocenters. The summed E-state index contributed by atoms with van der Waals surface area (Å²) >= 11 is 0. The molecule has 1 aromatic rings. The molecule has 2 heterocycles. The maximum Gasteiger partial charge on any atom is 0.242 e. The fraction of sp³-hybridized carbons (Fsp3) is 0.600. The summed E-state index contributed by atoms with van der Waals surface area (Å²) in [5.41, 5.74) is 1.04. The Bertz CT molecular complexity index is 341. The SMILES string of the molecule is CCc1cn[nH]c1NC(=O)[C@H]1CCCN1. The zero-order valence-corrected chi connectivity index (χ0v) is 8.84. The monoisotopic (exact) mass is 208 g/mol. The standard InChI is InChI=1S/C10H16N4O/c1-2-7-6-12-14-9(7)13-10(15)8-4-3-5-11-8/h6,8,11H,2-5H2,1H3,(H2,12,13,14,15)/t8-/m1/s1. The number of carbonyl (C=O) groups excluding carboxylic acids is 1. The fourth-order valence-electron chi connectivity index (χ4n) is 1.81. The van der Waals surface area contributed by atoms with Crippen LogP contribution in [-0.4, -0.2) is 28.7 Å². The van der Waals surface area contributed by atoms with Gasteiger partial charge >= 0.3 is 0 Å². The largest absolute Gasteiger partial charge is 0.309 e. The normalized spacial score (nSPS) is 20.5. The number of aryl methyl sites for hydroxylation is 1. The molecule has 5 heteroatoms. The lowest BCUT2D eigenvalue weighted by Gasteiger charge is -2.10. The predicted molar refractivity (Wildman–Crippen MR) is 57.6 cm³/mol. The number of aromatic nitrogens is 2. The van der Waals surface area contributed by atoms with E-state index in [0.29, 0.717) is 0 Å². The van der Waals surface area contributed by atoms with E-state index in [1.54, 1.807) is 6.20 Å². The van der Waals surface area contributed by atoms with Gasteiger partial charge in [0.15, 0.2) is 0 Å². The molecule has 1 atom stereocenters. The summed E-state index contributed by atoms with van der Waals surface area (Å²) in [7, 11) is 0. The first-order chi connectivity index (χ1) is 7.31. The van der Waals surface area contributed by atoms with Gasteiger partial charge in [-0.15, -0.1) is 0 Å². The molecule has 1 aliphatic rings. The first-order valence-electron chi connectivity index (χ1n) is 5.37. The third-order valence-corrected chi connectivity index (χ3v) is 2.72. The maximum atomic E-state index is 11.8. The predicted octanol–water partition coefficient (Wildman–Crippen LogP) is 0.663. The van der Waals surface area contributed by atoms with Gasteiger partial charge in [-0.2, -0.15) is 5.10 Å². The Morgan fingerprint density at radius 1 is 1.73 bits per heavy atom. The van der Waals surface area contributed by atoms with Gasteiger partial charge in [0.1, 0.15) is 5.82 Å². The van der Waals surface area contributed by atoms with E-state index >= 15 is 0 Å². The molecule has 1 aromatic heterocycles. The Kier molecular flexibility index (Phi) is 3.01. The van der Waals surface area contributed by atoms with E-state index in [1.165, 1.54) is 0 Å². The molecule has 1 aliphatic heterocycles. The number of carbonyl (C=O) groups is 1. The van der Waals surface area contributed by atoms with Crippen molar-refractivity contribution in [3.05, 3.63) is 11.8 Å². The number of hydrogen-bond donors (Lipinski definition) is 3. The van der Waals surface area contributed by atoms with Crippen molar-refractivity contribution in [2.24, 2.45) is 0 Å². The van der Waals surface area contributed by atoms with Crippen LogP contribution < -0.4 is 10.6 Å². The summed E-state index contributed by atoms with van der Waals surface area (Å²) < 4.78 is 0. The van der Waals surface area contributed by atoms with E-state index in [-0.39, 0.29) is 11.9 Å². The van der Waals surface area contributed by atoms with Crippen molar-refractivity contribution < 1.29 is 4.79 Å². The van der Waals surface area contributed by atoms with E-state index in [1.807, 2.05) is 6.92 Å². The van der Waals surface area contributed by atoms with Crippen molar-refractivity contribution in [1.29, 1.82) is 0 Å². The molecule has 0 spiro atoms. The molecule has 0 aromatic carbocycles. The van der Waals surface area contributed by atoms with Crippen LogP contribution in [0.25, 0.3) is 0 Å². The number of hydrogen-bond acceptors (Lipinski definition) is 3. The fourth-order valence-corrected chi connectivity index (χ4v) is 1.81. The minimum absolute atomic E-state index is 0.0338. The van der Waals surface area contributed by atoms with Crippen molar-refractivity contribution >= 4 is 11.7 Å². The molecule has 3 N–H and O–H groups in total. The number of amides is 1. The topological polar surface area (TPSA) is 69.8 Å². The lowest BCUT2D eigenvalue weighted by molar-refractivity contribution is -0.117. The van der Waals surface area contributed by atoms with Gasteiger partial charge in [-0.3, -0.25) is 9.89 Å². The number of rotatable bonds is 3. The number of nitrogens with one attached hydrogen (secondary N) is 3. The van der Waals surface area contributed by atoms with Crippen molar-refractivity contribution in [2.75, 3.05) is 11.9 Å². The number of anilines is 1. The van der Waals surface area contributed by atoms with Gasteiger partial charge in [-0.1, -0.05) is 6.92 Å². The molecule has 0 bridgehead atoms. The average molecular weight is 208 g/mol. The number of H-pyrrole nitrogens is 1.